The van der Waals surface area contributed by atoms with Crippen LogP contribution in [0.4, 0.5) is 0 Å². The standard InChI is InChI=1S/C27H38N2O8/c1-15(2)6-8-29(27(34)20-5-4-10-36-20)19-13-18(26(33)28-7-9-30)22-17-11-16(14-31)12-21(35-3)24(17)37-25(22)23(19)32/h11-13,15,19-20,22-23,25,30-32H,4-10,14H2,1-3H3,(H,28,33). The van der Waals surface area contributed by atoms with Gasteiger partial charge in [0.15, 0.2) is 11.5 Å². The van der Waals surface area contributed by atoms with Crippen LogP contribution in [0, 0.1) is 5.92 Å². The first-order valence-corrected chi connectivity index (χ1v) is 13.0. The van der Waals surface area contributed by atoms with Gasteiger partial charge in [0, 0.05) is 30.8 Å². The van der Waals surface area contributed by atoms with Gasteiger partial charge in [-0.15, -0.1) is 0 Å². The summed E-state index contributed by atoms with van der Waals surface area (Å²) in [6, 6.07) is 2.59. The van der Waals surface area contributed by atoms with Gasteiger partial charge < -0.3 is 39.7 Å². The van der Waals surface area contributed by atoms with Crippen molar-refractivity contribution in [3.63, 3.8) is 0 Å². The number of aliphatic hydroxyl groups excluding tert-OH is 3. The number of hydrogen-bond acceptors (Lipinski definition) is 8. The Hall–Kier alpha value is -2.66. The SMILES string of the molecule is COc1cc(CO)cc2c1OC1C2C(C(=O)NCCO)=CC(N(CCC(C)C)C(=O)C2CCCO2)C1O. The Bertz CT molecular complexity index is 1020. The first-order valence-electron chi connectivity index (χ1n) is 13.0. The Balaban J connectivity index is 1.78. The fourth-order valence-electron chi connectivity index (χ4n) is 5.38. The molecule has 1 aromatic rings. The molecule has 204 valence electrons. The van der Waals surface area contributed by atoms with E-state index in [0.717, 1.165) is 6.42 Å². The van der Waals surface area contributed by atoms with Crippen LogP contribution in [0.3, 0.4) is 0 Å². The number of benzene rings is 1. The first kappa shape index (κ1) is 27.4. The molecule has 2 aliphatic heterocycles. The molecule has 3 aliphatic rings. The van der Waals surface area contributed by atoms with Crippen LogP contribution < -0.4 is 14.8 Å². The number of amides is 2. The molecule has 0 spiro atoms. The minimum absolute atomic E-state index is 0.0560. The average Bonchev–Trinajstić information content (AvgIpc) is 3.56. The highest BCUT2D eigenvalue weighted by atomic mass is 16.5. The first-order chi connectivity index (χ1) is 17.8. The molecule has 10 nitrogen and oxygen atoms in total. The lowest BCUT2D eigenvalue weighted by Crippen LogP contribution is -2.57. The van der Waals surface area contributed by atoms with Gasteiger partial charge in [0.25, 0.3) is 5.91 Å². The predicted octanol–water partition coefficient (Wildman–Crippen LogP) is 0.864. The van der Waals surface area contributed by atoms with Crippen LogP contribution in [-0.2, 0) is 20.9 Å². The zero-order chi connectivity index (χ0) is 26.7. The van der Waals surface area contributed by atoms with E-state index in [1.54, 1.807) is 23.1 Å². The highest BCUT2D eigenvalue weighted by Gasteiger charge is 2.52. The molecule has 2 heterocycles. The van der Waals surface area contributed by atoms with Gasteiger partial charge in [-0.05, 0) is 49.0 Å². The maximum Gasteiger partial charge on any atom is 0.252 e. The fourth-order valence-corrected chi connectivity index (χ4v) is 5.38. The lowest BCUT2D eigenvalue weighted by molar-refractivity contribution is -0.146. The highest BCUT2D eigenvalue weighted by molar-refractivity contribution is 5.96. The molecule has 4 rings (SSSR count). The Morgan fingerprint density at radius 2 is 2.05 bits per heavy atom. The van der Waals surface area contributed by atoms with E-state index < -0.39 is 36.2 Å². The molecule has 4 N–H and O–H groups in total. The summed E-state index contributed by atoms with van der Waals surface area (Å²) in [5.41, 5.74) is 1.54. The summed E-state index contributed by atoms with van der Waals surface area (Å²) in [4.78, 5) is 28.6. The molecular weight excluding hydrogens is 480 g/mol. The molecule has 0 aromatic heterocycles. The Labute approximate surface area is 217 Å². The van der Waals surface area contributed by atoms with Gasteiger partial charge in [0.1, 0.15) is 18.3 Å². The van der Waals surface area contributed by atoms with Crippen LogP contribution >= 0.6 is 0 Å². The quantitative estimate of drug-likeness (QED) is 0.358. The number of rotatable bonds is 10. The van der Waals surface area contributed by atoms with Gasteiger partial charge in [0.2, 0.25) is 5.91 Å². The van der Waals surface area contributed by atoms with Crippen molar-refractivity contribution in [1.82, 2.24) is 10.2 Å². The van der Waals surface area contributed by atoms with E-state index in [4.69, 9.17) is 14.2 Å². The van der Waals surface area contributed by atoms with Gasteiger partial charge in [-0.25, -0.2) is 0 Å². The zero-order valence-electron chi connectivity index (χ0n) is 21.7. The number of nitrogens with one attached hydrogen (secondary N) is 1. The fraction of sp³-hybridized carbons (Fsp3) is 0.630. The van der Waals surface area contributed by atoms with Crippen molar-refractivity contribution in [1.29, 1.82) is 0 Å². The largest absolute Gasteiger partial charge is 0.493 e. The number of methoxy groups -OCH3 is 1. The van der Waals surface area contributed by atoms with Crippen molar-refractivity contribution in [2.24, 2.45) is 5.92 Å². The maximum atomic E-state index is 13.6. The molecule has 5 atom stereocenters. The number of aliphatic hydroxyl groups is 3. The van der Waals surface area contributed by atoms with Crippen LogP contribution in [0.15, 0.2) is 23.8 Å². The molecule has 0 bridgehead atoms. The van der Waals surface area contributed by atoms with E-state index in [9.17, 15) is 24.9 Å². The molecule has 0 radical (unpaired) electrons. The van der Waals surface area contributed by atoms with Crippen molar-refractivity contribution < 1.29 is 39.1 Å². The lowest BCUT2D eigenvalue weighted by atomic mass is 9.77. The van der Waals surface area contributed by atoms with Crippen LogP contribution in [0.1, 0.15) is 50.2 Å². The summed E-state index contributed by atoms with van der Waals surface area (Å²) in [7, 11) is 1.49. The summed E-state index contributed by atoms with van der Waals surface area (Å²) in [6.45, 7) is 4.62. The molecule has 37 heavy (non-hydrogen) atoms. The second kappa shape index (κ2) is 11.8. The number of carbonyl (C=O) groups is 2. The lowest BCUT2D eigenvalue weighted by Gasteiger charge is -2.41. The van der Waals surface area contributed by atoms with Crippen LogP contribution in [-0.4, -0.2) is 89.8 Å². The number of fused-ring (bicyclic) bond motifs is 3. The second-order valence-electron chi connectivity index (χ2n) is 10.2. The minimum Gasteiger partial charge on any atom is -0.493 e. The smallest absolute Gasteiger partial charge is 0.252 e. The van der Waals surface area contributed by atoms with Crippen LogP contribution in [0.2, 0.25) is 0 Å². The van der Waals surface area contributed by atoms with Gasteiger partial charge in [0.05, 0.1) is 32.3 Å². The van der Waals surface area contributed by atoms with Crippen molar-refractivity contribution in [2.45, 2.75) is 70.0 Å². The highest BCUT2D eigenvalue weighted by Crippen LogP contribution is 2.51. The van der Waals surface area contributed by atoms with Gasteiger partial charge >= 0.3 is 0 Å². The molecule has 10 heteroatoms. The Kier molecular flexibility index (Phi) is 8.74. The summed E-state index contributed by atoms with van der Waals surface area (Å²) >= 11 is 0. The van der Waals surface area contributed by atoms with Crippen LogP contribution in [0.25, 0.3) is 0 Å². The maximum absolute atomic E-state index is 13.6. The summed E-state index contributed by atoms with van der Waals surface area (Å²) in [5.74, 6) is -0.166. The second-order valence-corrected chi connectivity index (χ2v) is 10.2. The molecule has 2 amide bonds. The predicted molar refractivity (Wildman–Crippen MR) is 134 cm³/mol. The molecule has 1 saturated heterocycles. The summed E-state index contributed by atoms with van der Waals surface area (Å²) in [6.07, 6.45) is 1.21. The third-order valence-corrected chi connectivity index (χ3v) is 7.29. The van der Waals surface area contributed by atoms with E-state index in [0.29, 0.717) is 60.1 Å². The topological polar surface area (TPSA) is 138 Å². The number of carbonyl (C=O) groups excluding carboxylic acids is 2. The minimum atomic E-state index is -1.13. The molecule has 1 aliphatic carbocycles. The van der Waals surface area contributed by atoms with Crippen molar-refractivity contribution in [3.8, 4) is 11.5 Å². The summed E-state index contributed by atoms with van der Waals surface area (Å²) < 4.78 is 17.4. The third kappa shape index (κ3) is 5.47. The number of hydrogen-bond donors (Lipinski definition) is 4. The van der Waals surface area contributed by atoms with Gasteiger partial charge in [-0.2, -0.15) is 0 Å². The molecule has 1 aromatic carbocycles. The van der Waals surface area contributed by atoms with Crippen LogP contribution in [0.5, 0.6) is 11.5 Å². The number of nitrogens with zero attached hydrogens (tertiary/aromatic N) is 1. The van der Waals surface area contributed by atoms with E-state index in [1.165, 1.54) is 7.11 Å². The zero-order valence-corrected chi connectivity index (χ0v) is 21.7. The molecule has 0 saturated carbocycles. The summed E-state index contributed by atoms with van der Waals surface area (Å²) in [5, 5.41) is 33.4. The van der Waals surface area contributed by atoms with E-state index in [2.05, 4.69) is 19.2 Å². The monoisotopic (exact) mass is 518 g/mol. The Morgan fingerprint density at radius 1 is 1.27 bits per heavy atom. The average molecular weight is 519 g/mol. The van der Waals surface area contributed by atoms with Crippen molar-refractivity contribution >= 4 is 11.8 Å². The van der Waals surface area contributed by atoms with Gasteiger partial charge in [-0.3, -0.25) is 9.59 Å². The van der Waals surface area contributed by atoms with Gasteiger partial charge in [-0.1, -0.05) is 13.8 Å². The molecular formula is C27H38N2O8. The van der Waals surface area contributed by atoms with Crippen molar-refractivity contribution in [3.05, 3.63) is 34.9 Å². The normalized spacial score (nSPS) is 26.2. The number of ether oxygens (including phenoxy) is 3. The third-order valence-electron chi connectivity index (χ3n) is 7.29. The van der Waals surface area contributed by atoms with Crippen molar-refractivity contribution in [2.75, 3.05) is 33.4 Å². The van der Waals surface area contributed by atoms with E-state index in [1.807, 2.05) is 0 Å². The Morgan fingerprint density at radius 3 is 2.68 bits per heavy atom. The van der Waals surface area contributed by atoms with E-state index in [-0.39, 0.29) is 25.7 Å². The molecule has 5 unspecified atom stereocenters. The molecule has 1 fully saturated rings. The van der Waals surface area contributed by atoms with E-state index >= 15 is 0 Å².